The lowest BCUT2D eigenvalue weighted by molar-refractivity contribution is -0.385. The van der Waals surface area contributed by atoms with Crippen molar-refractivity contribution in [2.75, 3.05) is 50.7 Å². The van der Waals surface area contributed by atoms with Gasteiger partial charge in [-0.1, -0.05) is 0 Å². The summed E-state index contributed by atoms with van der Waals surface area (Å²) >= 11 is 0. The minimum atomic E-state index is -0.887. The van der Waals surface area contributed by atoms with E-state index < -0.39 is 21.9 Å². The topological polar surface area (TPSA) is 99.4 Å². The highest BCUT2D eigenvalue weighted by molar-refractivity contribution is 5.68. The monoisotopic (exact) mass is 438 g/mol. The number of hydrogen-bond donors (Lipinski definition) is 1. The van der Waals surface area contributed by atoms with Crippen LogP contribution in [-0.4, -0.2) is 82.9 Å². The third kappa shape index (κ3) is 6.04. The van der Waals surface area contributed by atoms with Gasteiger partial charge < -0.3 is 19.6 Å². The molecule has 0 atom stereocenters. The summed E-state index contributed by atoms with van der Waals surface area (Å²) in [6.07, 6.45) is 0.620. The van der Waals surface area contributed by atoms with E-state index in [4.69, 9.17) is 4.74 Å². The molecule has 0 spiro atoms. The van der Waals surface area contributed by atoms with Crippen molar-refractivity contribution >= 4 is 17.5 Å². The second kappa shape index (κ2) is 8.96. The van der Waals surface area contributed by atoms with Crippen molar-refractivity contribution in [3.05, 3.63) is 34.1 Å². The van der Waals surface area contributed by atoms with Crippen LogP contribution < -0.4 is 4.90 Å². The smallest absolute Gasteiger partial charge is 0.410 e. The summed E-state index contributed by atoms with van der Waals surface area (Å²) in [5.41, 5.74) is -1.37. The van der Waals surface area contributed by atoms with Gasteiger partial charge >= 0.3 is 6.09 Å². The molecule has 1 aromatic carbocycles. The molecule has 2 aliphatic rings. The summed E-state index contributed by atoms with van der Waals surface area (Å²) in [6, 6.07) is 3.65. The minimum absolute atomic E-state index is 0.278. The molecule has 0 radical (unpaired) electrons. The van der Waals surface area contributed by atoms with Crippen LogP contribution in [0.3, 0.4) is 0 Å². The van der Waals surface area contributed by atoms with Crippen molar-refractivity contribution in [1.82, 2.24) is 9.80 Å². The van der Waals surface area contributed by atoms with Gasteiger partial charge in [-0.2, -0.15) is 0 Å². The molecule has 1 N–H and O–H groups in total. The fraction of sp³-hybridized carbons (Fsp3) is 0.667. The van der Waals surface area contributed by atoms with E-state index in [0.29, 0.717) is 64.3 Å². The van der Waals surface area contributed by atoms with Gasteiger partial charge in [0.25, 0.3) is 5.69 Å². The van der Waals surface area contributed by atoms with Gasteiger partial charge in [0.2, 0.25) is 0 Å². The lowest BCUT2D eigenvalue weighted by Gasteiger charge is -2.43. The van der Waals surface area contributed by atoms with Crippen LogP contribution in [0.2, 0.25) is 0 Å². The number of non-ortho nitro benzene ring substituents is 1. The van der Waals surface area contributed by atoms with Crippen molar-refractivity contribution in [3.63, 3.8) is 0 Å². The summed E-state index contributed by atoms with van der Waals surface area (Å²) < 4.78 is 19.7. The van der Waals surface area contributed by atoms with Crippen molar-refractivity contribution < 1.29 is 24.0 Å². The number of rotatable bonds is 4. The van der Waals surface area contributed by atoms with Gasteiger partial charge in [-0.3, -0.25) is 15.0 Å². The Morgan fingerprint density at radius 2 is 1.81 bits per heavy atom. The molecular weight excluding hydrogens is 407 g/mol. The van der Waals surface area contributed by atoms with Crippen LogP contribution in [0.1, 0.15) is 33.6 Å². The molecule has 10 heteroatoms. The number of benzene rings is 1. The van der Waals surface area contributed by atoms with Crippen LogP contribution in [0.5, 0.6) is 0 Å². The molecule has 1 amide bonds. The number of piperidine rings is 1. The summed E-state index contributed by atoms with van der Waals surface area (Å²) in [7, 11) is 0. The molecule has 0 aliphatic carbocycles. The first-order valence-electron chi connectivity index (χ1n) is 10.6. The molecule has 0 unspecified atom stereocenters. The molecule has 172 valence electrons. The van der Waals surface area contributed by atoms with Gasteiger partial charge in [0, 0.05) is 51.9 Å². The average molecular weight is 439 g/mol. The fourth-order valence-corrected chi connectivity index (χ4v) is 4.02. The van der Waals surface area contributed by atoms with E-state index in [2.05, 4.69) is 4.90 Å². The lowest BCUT2D eigenvalue weighted by Crippen LogP contribution is -2.56. The van der Waals surface area contributed by atoms with E-state index in [1.165, 1.54) is 12.1 Å². The number of nitrogens with zero attached hydrogens (tertiary/aromatic N) is 4. The molecule has 31 heavy (non-hydrogen) atoms. The Labute approximate surface area is 181 Å². The highest BCUT2D eigenvalue weighted by atomic mass is 19.1. The number of anilines is 1. The summed E-state index contributed by atoms with van der Waals surface area (Å²) in [6.45, 7) is 9.33. The predicted octanol–water partition coefficient (Wildman–Crippen LogP) is 2.62. The third-order valence-electron chi connectivity index (χ3n) is 5.72. The van der Waals surface area contributed by atoms with Crippen LogP contribution in [-0.2, 0) is 4.74 Å². The van der Waals surface area contributed by atoms with Crippen molar-refractivity contribution in [1.29, 1.82) is 0 Å². The first-order valence-corrected chi connectivity index (χ1v) is 10.6. The third-order valence-corrected chi connectivity index (χ3v) is 5.72. The Morgan fingerprint density at radius 3 is 2.32 bits per heavy atom. The number of nitro groups is 1. The number of halogens is 1. The normalized spacial score (nSPS) is 19.9. The second-order valence-corrected chi connectivity index (χ2v) is 9.35. The Hall–Kier alpha value is -2.46. The van der Waals surface area contributed by atoms with Gasteiger partial charge in [-0.15, -0.1) is 0 Å². The molecule has 2 heterocycles. The molecule has 2 aliphatic heterocycles. The Morgan fingerprint density at radius 1 is 1.19 bits per heavy atom. The van der Waals surface area contributed by atoms with Gasteiger partial charge in [-0.25, -0.2) is 9.18 Å². The lowest BCUT2D eigenvalue weighted by atomic mass is 9.90. The molecule has 2 saturated heterocycles. The summed E-state index contributed by atoms with van der Waals surface area (Å²) in [4.78, 5) is 28.0. The number of amides is 1. The summed E-state index contributed by atoms with van der Waals surface area (Å²) in [5.74, 6) is -0.627. The number of aliphatic hydroxyl groups is 1. The second-order valence-electron chi connectivity index (χ2n) is 9.35. The number of hydrogen-bond acceptors (Lipinski definition) is 7. The van der Waals surface area contributed by atoms with Crippen LogP contribution in [0, 0.1) is 15.9 Å². The molecule has 3 rings (SSSR count). The van der Waals surface area contributed by atoms with Crippen LogP contribution in [0.15, 0.2) is 18.2 Å². The summed E-state index contributed by atoms with van der Waals surface area (Å²) in [5, 5.41) is 21.8. The molecule has 9 nitrogen and oxygen atoms in total. The highest BCUT2D eigenvalue weighted by Gasteiger charge is 2.36. The first kappa shape index (κ1) is 23.2. The number of carbonyl (C=O) groups is 1. The number of ether oxygens (including phenoxy) is 1. The van der Waals surface area contributed by atoms with Gasteiger partial charge in [-0.05, 0) is 39.7 Å². The van der Waals surface area contributed by atoms with Crippen molar-refractivity contribution in [2.24, 2.45) is 0 Å². The zero-order valence-corrected chi connectivity index (χ0v) is 18.3. The van der Waals surface area contributed by atoms with E-state index in [9.17, 15) is 24.4 Å². The van der Waals surface area contributed by atoms with Crippen molar-refractivity contribution in [3.8, 4) is 0 Å². The molecular formula is C21H31FN4O5. The van der Waals surface area contributed by atoms with Crippen LogP contribution >= 0.6 is 0 Å². The molecule has 0 saturated carbocycles. The standard InChI is InChI=1S/C21H31FN4O5/c1-20(2,3)31-19(27)25-12-10-23(11-13-25)15-21(28)6-8-24(9-7-21)18-5-4-16(26(29)30)14-17(18)22/h4-5,14,28H,6-13,15H2,1-3H3. The van der Waals surface area contributed by atoms with E-state index in [0.717, 1.165) is 6.07 Å². The molecule has 0 bridgehead atoms. The van der Waals surface area contributed by atoms with Gasteiger partial charge in [0.1, 0.15) is 5.60 Å². The molecule has 1 aromatic rings. The van der Waals surface area contributed by atoms with E-state index in [1.807, 2.05) is 25.7 Å². The molecule has 2 fully saturated rings. The SMILES string of the molecule is CC(C)(C)OC(=O)N1CCN(CC2(O)CCN(c3ccc([N+](=O)[O-])cc3F)CC2)CC1. The Bertz CT molecular complexity index is 812. The van der Waals surface area contributed by atoms with Crippen LogP contribution in [0.25, 0.3) is 0 Å². The molecule has 0 aromatic heterocycles. The fourth-order valence-electron chi connectivity index (χ4n) is 4.02. The largest absolute Gasteiger partial charge is 0.444 e. The zero-order chi connectivity index (χ0) is 22.8. The van der Waals surface area contributed by atoms with E-state index >= 15 is 0 Å². The number of nitro benzene ring substituents is 1. The maximum absolute atomic E-state index is 14.3. The van der Waals surface area contributed by atoms with E-state index in [-0.39, 0.29) is 11.8 Å². The van der Waals surface area contributed by atoms with E-state index in [1.54, 1.807) is 4.90 Å². The first-order chi connectivity index (χ1) is 14.5. The maximum atomic E-state index is 14.3. The minimum Gasteiger partial charge on any atom is -0.444 e. The maximum Gasteiger partial charge on any atom is 0.410 e. The highest BCUT2D eigenvalue weighted by Crippen LogP contribution is 2.30. The van der Waals surface area contributed by atoms with Crippen molar-refractivity contribution in [2.45, 2.75) is 44.8 Å². The predicted molar refractivity (Wildman–Crippen MR) is 114 cm³/mol. The quantitative estimate of drug-likeness (QED) is 0.570. The van der Waals surface area contributed by atoms with Gasteiger partial charge in [0.15, 0.2) is 5.82 Å². The van der Waals surface area contributed by atoms with Crippen LogP contribution in [0.4, 0.5) is 20.6 Å². The Balaban J connectivity index is 1.49. The zero-order valence-electron chi connectivity index (χ0n) is 18.3. The number of β-amino-alcohol motifs (C(OH)–C–C–N with tert-alkyl or cyclic N) is 1. The average Bonchev–Trinajstić information content (AvgIpc) is 2.68. The number of carbonyl (C=O) groups excluding carboxylic acids is 1. The van der Waals surface area contributed by atoms with Gasteiger partial charge in [0.05, 0.1) is 22.3 Å². The number of piperazine rings is 1. The Kier molecular flexibility index (Phi) is 6.70.